The van der Waals surface area contributed by atoms with E-state index in [1.54, 1.807) is 0 Å². The van der Waals surface area contributed by atoms with Crippen molar-refractivity contribution >= 4 is 0 Å². The fourth-order valence-corrected chi connectivity index (χ4v) is 3.60. The molecule has 0 aliphatic heterocycles. The van der Waals surface area contributed by atoms with Gasteiger partial charge in [0, 0.05) is 10.8 Å². The third kappa shape index (κ3) is 3.94. The van der Waals surface area contributed by atoms with E-state index in [4.69, 9.17) is 0 Å². The van der Waals surface area contributed by atoms with Gasteiger partial charge in [-0.15, -0.1) is 0 Å². The lowest BCUT2D eigenvalue weighted by atomic mass is 9.60. The van der Waals surface area contributed by atoms with E-state index in [-0.39, 0.29) is 26.4 Å². The van der Waals surface area contributed by atoms with Gasteiger partial charge in [-0.25, -0.2) is 0 Å². The molecule has 0 aromatic heterocycles. The summed E-state index contributed by atoms with van der Waals surface area (Å²) in [4.78, 5) is 0. The van der Waals surface area contributed by atoms with Gasteiger partial charge in [-0.3, -0.25) is 0 Å². The molecule has 0 bridgehead atoms. The Morgan fingerprint density at radius 1 is 0.450 bits per heavy atom. The minimum absolute atomic E-state index is 0.176. The number of hydrogen-bond donors (Lipinski definition) is 4. The first kappa shape index (κ1) is 17.9. The van der Waals surface area contributed by atoms with Crippen molar-refractivity contribution in [2.24, 2.45) is 10.8 Å². The van der Waals surface area contributed by atoms with Gasteiger partial charge in [0.1, 0.15) is 0 Å². The van der Waals surface area contributed by atoms with Crippen molar-refractivity contribution in [2.75, 3.05) is 26.4 Å². The van der Waals surface area contributed by atoms with Crippen LogP contribution in [0.25, 0.3) is 0 Å². The van der Waals surface area contributed by atoms with Crippen LogP contribution in [0.1, 0.15) is 64.2 Å². The van der Waals surface area contributed by atoms with E-state index >= 15 is 0 Å². The summed E-state index contributed by atoms with van der Waals surface area (Å²) in [6.07, 6.45) is 10.3. The van der Waals surface area contributed by atoms with Crippen LogP contribution in [0.4, 0.5) is 0 Å². The molecule has 0 radical (unpaired) electrons. The van der Waals surface area contributed by atoms with Crippen LogP contribution in [0, 0.1) is 10.8 Å². The third-order valence-corrected chi connectivity index (χ3v) is 5.40. The first-order valence-electron chi connectivity index (χ1n) is 8.14. The van der Waals surface area contributed by atoms with Crippen molar-refractivity contribution in [1.29, 1.82) is 0 Å². The zero-order valence-electron chi connectivity index (χ0n) is 12.7. The third-order valence-electron chi connectivity index (χ3n) is 5.40. The summed E-state index contributed by atoms with van der Waals surface area (Å²) in [7, 11) is 0. The lowest BCUT2D eigenvalue weighted by Gasteiger charge is -2.47. The smallest absolute Gasteiger partial charge is 0.0516 e. The quantitative estimate of drug-likeness (QED) is 0.636. The van der Waals surface area contributed by atoms with E-state index in [0.717, 1.165) is 25.7 Å². The van der Waals surface area contributed by atoms with E-state index in [2.05, 4.69) is 0 Å². The molecule has 0 unspecified atom stereocenters. The highest BCUT2D eigenvalue weighted by atomic mass is 16.3. The summed E-state index contributed by atoms with van der Waals surface area (Å²) < 4.78 is 0. The second-order valence-electron chi connectivity index (χ2n) is 6.52. The molecule has 0 aromatic rings. The predicted molar refractivity (Wildman–Crippen MR) is 79.4 cm³/mol. The van der Waals surface area contributed by atoms with Crippen molar-refractivity contribution in [2.45, 2.75) is 64.2 Å². The molecule has 1 saturated carbocycles. The first-order valence-corrected chi connectivity index (χ1v) is 8.14. The molecule has 4 heteroatoms. The SMILES string of the molecule is OCC1(CO)CCCCCCCCCCC1(CO)CO. The van der Waals surface area contributed by atoms with Crippen LogP contribution < -0.4 is 0 Å². The average Bonchev–Trinajstić information content (AvgIpc) is 2.49. The molecule has 1 rings (SSSR count). The van der Waals surface area contributed by atoms with E-state index in [0.29, 0.717) is 12.8 Å². The maximum atomic E-state index is 9.86. The van der Waals surface area contributed by atoms with Crippen molar-refractivity contribution < 1.29 is 20.4 Å². The minimum Gasteiger partial charge on any atom is -0.396 e. The Morgan fingerprint density at radius 2 is 0.700 bits per heavy atom. The van der Waals surface area contributed by atoms with E-state index < -0.39 is 10.8 Å². The van der Waals surface area contributed by atoms with E-state index in [1.807, 2.05) is 0 Å². The molecule has 0 saturated heterocycles. The molecule has 1 aliphatic rings. The van der Waals surface area contributed by atoms with Gasteiger partial charge in [-0.2, -0.15) is 0 Å². The van der Waals surface area contributed by atoms with Crippen molar-refractivity contribution in [1.82, 2.24) is 0 Å². The summed E-state index contributed by atoms with van der Waals surface area (Å²) in [6, 6.07) is 0. The monoisotopic (exact) mass is 288 g/mol. The Balaban J connectivity index is 2.92. The molecule has 120 valence electrons. The number of hydrogen-bond acceptors (Lipinski definition) is 4. The molecule has 1 fully saturated rings. The Hall–Kier alpha value is -0.160. The van der Waals surface area contributed by atoms with Crippen molar-refractivity contribution in [3.63, 3.8) is 0 Å². The van der Waals surface area contributed by atoms with Gasteiger partial charge in [0.05, 0.1) is 26.4 Å². The first-order chi connectivity index (χ1) is 9.70. The molecule has 0 aromatic carbocycles. The highest BCUT2D eigenvalue weighted by Crippen LogP contribution is 2.46. The highest BCUT2D eigenvalue weighted by molar-refractivity contribution is 4.97. The number of aliphatic hydroxyl groups is 4. The van der Waals surface area contributed by atoms with Crippen LogP contribution in [0.5, 0.6) is 0 Å². The molecule has 20 heavy (non-hydrogen) atoms. The predicted octanol–water partition coefficient (Wildman–Crippen LogP) is 1.84. The molecule has 0 atom stereocenters. The van der Waals surface area contributed by atoms with Crippen molar-refractivity contribution in [3.8, 4) is 0 Å². The minimum atomic E-state index is -0.768. The summed E-state index contributed by atoms with van der Waals surface area (Å²) in [5, 5.41) is 39.4. The van der Waals surface area contributed by atoms with E-state index in [1.165, 1.54) is 25.7 Å². The van der Waals surface area contributed by atoms with Gasteiger partial charge >= 0.3 is 0 Å². The van der Waals surface area contributed by atoms with Gasteiger partial charge in [-0.1, -0.05) is 51.4 Å². The second kappa shape index (κ2) is 8.98. The Bertz CT molecular complexity index is 221. The van der Waals surface area contributed by atoms with Crippen LogP contribution in [-0.2, 0) is 0 Å². The molecule has 4 nitrogen and oxygen atoms in total. The largest absolute Gasteiger partial charge is 0.396 e. The summed E-state index contributed by atoms with van der Waals surface area (Å²) in [5.41, 5.74) is -1.54. The van der Waals surface area contributed by atoms with E-state index in [9.17, 15) is 20.4 Å². The Labute approximate surface area is 122 Å². The molecule has 0 heterocycles. The number of aliphatic hydroxyl groups excluding tert-OH is 4. The second-order valence-corrected chi connectivity index (χ2v) is 6.52. The molecule has 0 spiro atoms. The maximum Gasteiger partial charge on any atom is 0.0516 e. The Morgan fingerprint density at radius 3 is 0.950 bits per heavy atom. The molecule has 4 N–H and O–H groups in total. The summed E-state index contributed by atoms with van der Waals surface area (Å²) in [6.45, 7) is -0.704. The van der Waals surface area contributed by atoms with Gasteiger partial charge in [-0.05, 0) is 12.8 Å². The van der Waals surface area contributed by atoms with Gasteiger partial charge in [0.15, 0.2) is 0 Å². The Kier molecular flexibility index (Phi) is 8.03. The lowest BCUT2D eigenvalue weighted by molar-refractivity contribution is -0.124. The van der Waals surface area contributed by atoms with Crippen molar-refractivity contribution in [3.05, 3.63) is 0 Å². The molecular weight excluding hydrogens is 256 g/mol. The molecule has 1 aliphatic carbocycles. The van der Waals surface area contributed by atoms with Gasteiger partial charge in [0.25, 0.3) is 0 Å². The average molecular weight is 288 g/mol. The molecular formula is C16H32O4. The van der Waals surface area contributed by atoms with Gasteiger partial charge in [0.2, 0.25) is 0 Å². The van der Waals surface area contributed by atoms with Crippen LogP contribution in [0.2, 0.25) is 0 Å². The highest BCUT2D eigenvalue weighted by Gasteiger charge is 2.49. The van der Waals surface area contributed by atoms with Crippen LogP contribution >= 0.6 is 0 Å². The number of rotatable bonds is 4. The topological polar surface area (TPSA) is 80.9 Å². The lowest BCUT2D eigenvalue weighted by Crippen LogP contribution is -2.52. The molecule has 0 amide bonds. The van der Waals surface area contributed by atoms with Gasteiger partial charge < -0.3 is 20.4 Å². The van der Waals surface area contributed by atoms with Crippen LogP contribution in [-0.4, -0.2) is 46.9 Å². The van der Waals surface area contributed by atoms with Crippen LogP contribution in [0.15, 0.2) is 0 Å². The van der Waals surface area contributed by atoms with Crippen LogP contribution in [0.3, 0.4) is 0 Å². The summed E-state index contributed by atoms with van der Waals surface area (Å²) >= 11 is 0. The summed E-state index contributed by atoms with van der Waals surface area (Å²) in [5.74, 6) is 0. The standard InChI is InChI=1S/C16H32O4/c17-11-15(12-18)9-7-5-3-1-2-4-6-8-10-16(15,13-19)14-20/h17-20H,1-14H2. The zero-order chi connectivity index (χ0) is 14.9. The maximum absolute atomic E-state index is 9.86. The zero-order valence-corrected chi connectivity index (χ0v) is 12.7. The fraction of sp³-hybridized carbons (Fsp3) is 1.00. The fourth-order valence-electron chi connectivity index (χ4n) is 3.60. The normalized spacial score (nSPS) is 24.6.